The number of benzene rings is 2. The fourth-order valence-electron chi connectivity index (χ4n) is 3.11. The molecule has 0 bridgehead atoms. The standard InChI is InChI=1S/C20H19NO4/c1-12-3-5-14(6-4-12)11-17-13(2)18(22)21(19(17)23)16-9-7-15(8-10-16)20(24)25/h3-10,13,17H,11H2,1-2H3,(H,24,25)/t13-,17-/m0/s1. The van der Waals surface area contributed by atoms with Crippen LogP contribution in [-0.4, -0.2) is 22.9 Å². The van der Waals surface area contributed by atoms with Gasteiger partial charge in [-0.15, -0.1) is 0 Å². The number of imide groups is 1. The van der Waals surface area contributed by atoms with E-state index in [0.29, 0.717) is 12.1 Å². The zero-order chi connectivity index (χ0) is 18.1. The average molecular weight is 337 g/mol. The average Bonchev–Trinajstić information content (AvgIpc) is 2.80. The SMILES string of the molecule is Cc1ccc(C[C@@H]2C(=O)N(c3ccc(C(=O)O)cc3)C(=O)[C@H]2C)cc1. The summed E-state index contributed by atoms with van der Waals surface area (Å²) in [7, 11) is 0. The van der Waals surface area contributed by atoms with E-state index in [1.165, 1.54) is 29.2 Å². The van der Waals surface area contributed by atoms with E-state index in [1.807, 2.05) is 31.2 Å². The van der Waals surface area contributed by atoms with E-state index >= 15 is 0 Å². The molecule has 5 heteroatoms. The molecule has 2 aromatic carbocycles. The number of aryl methyl sites for hydroxylation is 1. The lowest BCUT2D eigenvalue weighted by Crippen LogP contribution is -2.31. The zero-order valence-corrected chi connectivity index (χ0v) is 14.1. The van der Waals surface area contributed by atoms with Crippen molar-refractivity contribution in [3.63, 3.8) is 0 Å². The summed E-state index contributed by atoms with van der Waals surface area (Å²) in [5.74, 6) is -2.34. The maximum atomic E-state index is 12.8. The second-order valence-electron chi connectivity index (χ2n) is 6.45. The molecule has 1 aliphatic heterocycles. The fraction of sp³-hybridized carbons (Fsp3) is 0.250. The minimum absolute atomic E-state index is 0.118. The van der Waals surface area contributed by atoms with E-state index in [4.69, 9.17) is 5.11 Å². The molecule has 3 rings (SSSR count). The predicted molar refractivity (Wildman–Crippen MR) is 93.4 cm³/mol. The molecule has 1 N–H and O–H groups in total. The van der Waals surface area contributed by atoms with Crippen molar-refractivity contribution in [1.82, 2.24) is 0 Å². The van der Waals surface area contributed by atoms with Gasteiger partial charge in [0.05, 0.1) is 17.2 Å². The van der Waals surface area contributed by atoms with Gasteiger partial charge < -0.3 is 5.11 Å². The van der Waals surface area contributed by atoms with Crippen LogP contribution in [0, 0.1) is 18.8 Å². The number of anilines is 1. The van der Waals surface area contributed by atoms with Crippen LogP contribution in [0.1, 0.15) is 28.4 Å². The molecule has 1 heterocycles. The molecule has 0 spiro atoms. The Morgan fingerprint density at radius 1 is 1.00 bits per heavy atom. The molecule has 1 saturated heterocycles. The van der Waals surface area contributed by atoms with E-state index < -0.39 is 17.8 Å². The van der Waals surface area contributed by atoms with Crippen LogP contribution in [0.3, 0.4) is 0 Å². The largest absolute Gasteiger partial charge is 0.478 e. The Morgan fingerprint density at radius 3 is 2.16 bits per heavy atom. The third-order valence-corrected chi connectivity index (χ3v) is 4.70. The van der Waals surface area contributed by atoms with Gasteiger partial charge in [-0.2, -0.15) is 0 Å². The van der Waals surface area contributed by atoms with E-state index in [1.54, 1.807) is 6.92 Å². The van der Waals surface area contributed by atoms with Crippen LogP contribution in [-0.2, 0) is 16.0 Å². The molecule has 0 aromatic heterocycles. The number of aromatic carboxylic acids is 1. The molecule has 2 atom stereocenters. The molecule has 25 heavy (non-hydrogen) atoms. The van der Waals surface area contributed by atoms with Crippen LogP contribution in [0.2, 0.25) is 0 Å². The highest BCUT2D eigenvalue weighted by molar-refractivity contribution is 6.22. The van der Waals surface area contributed by atoms with Gasteiger partial charge in [-0.25, -0.2) is 4.79 Å². The first-order chi connectivity index (χ1) is 11.9. The maximum absolute atomic E-state index is 12.8. The molecule has 1 aliphatic rings. The van der Waals surface area contributed by atoms with Gasteiger partial charge in [-0.1, -0.05) is 36.8 Å². The Bertz CT molecular complexity index is 824. The summed E-state index contributed by atoms with van der Waals surface area (Å²) >= 11 is 0. The van der Waals surface area contributed by atoms with E-state index in [9.17, 15) is 14.4 Å². The quantitative estimate of drug-likeness (QED) is 0.870. The lowest BCUT2D eigenvalue weighted by molar-refractivity contribution is -0.122. The van der Waals surface area contributed by atoms with Gasteiger partial charge >= 0.3 is 5.97 Å². The Hall–Kier alpha value is -2.95. The molecule has 128 valence electrons. The normalized spacial score (nSPS) is 20.2. The Morgan fingerprint density at radius 2 is 1.60 bits per heavy atom. The number of rotatable bonds is 4. The van der Waals surface area contributed by atoms with E-state index in [0.717, 1.165) is 11.1 Å². The van der Waals surface area contributed by atoms with Gasteiger partial charge in [0.15, 0.2) is 0 Å². The van der Waals surface area contributed by atoms with Crippen molar-refractivity contribution in [2.24, 2.45) is 11.8 Å². The third kappa shape index (κ3) is 3.18. The Balaban J connectivity index is 1.84. The summed E-state index contributed by atoms with van der Waals surface area (Å²) < 4.78 is 0. The van der Waals surface area contributed by atoms with Crippen molar-refractivity contribution >= 4 is 23.5 Å². The van der Waals surface area contributed by atoms with E-state index in [2.05, 4.69) is 0 Å². The van der Waals surface area contributed by atoms with Crippen molar-refractivity contribution in [3.8, 4) is 0 Å². The zero-order valence-electron chi connectivity index (χ0n) is 14.1. The van der Waals surface area contributed by atoms with Gasteiger partial charge in [0, 0.05) is 5.92 Å². The van der Waals surface area contributed by atoms with E-state index in [-0.39, 0.29) is 17.4 Å². The van der Waals surface area contributed by atoms with Crippen LogP contribution in [0.5, 0.6) is 0 Å². The smallest absolute Gasteiger partial charge is 0.335 e. The summed E-state index contributed by atoms with van der Waals surface area (Å²) in [6.45, 7) is 3.77. The molecule has 0 saturated carbocycles. The van der Waals surface area contributed by atoms with Crippen molar-refractivity contribution in [2.75, 3.05) is 4.90 Å². The van der Waals surface area contributed by atoms with Crippen LogP contribution in [0.25, 0.3) is 0 Å². The topological polar surface area (TPSA) is 74.7 Å². The maximum Gasteiger partial charge on any atom is 0.335 e. The first kappa shape index (κ1) is 16.9. The predicted octanol–water partition coefficient (Wildman–Crippen LogP) is 3.06. The molecular formula is C20H19NO4. The van der Waals surface area contributed by atoms with Gasteiger partial charge in [-0.3, -0.25) is 14.5 Å². The number of hydrogen-bond acceptors (Lipinski definition) is 3. The highest BCUT2D eigenvalue weighted by Crippen LogP contribution is 2.33. The molecule has 2 aromatic rings. The molecule has 0 unspecified atom stereocenters. The number of nitrogens with zero attached hydrogens (tertiary/aromatic N) is 1. The summed E-state index contributed by atoms with van der Waals surface area (Å²) in [5.41, 5.74) is 2.70. The lowest BCUT2D eigenvalue weighted by Gasteiger charge is -2.15. The second-order valence-corrected chi connectivity index (χ2v) is 6.45. The number of carboxylic acids is 1. The second kappa shape index (κ2) is 6.51. The van der Waals surface area contributed by atoms with Gasteiger partial charge in [0.25, 0.3) is 0 Å². The molecule has 2 amide bonds. The van der Waals surface area contributed by atoms with Crippen molar-refractivity contribution in [1.29, 1.82) is 0 Å². The van der Waals surface area contributed by atoms with Crippen LogP contribution in [0.4, 0.5) is 5.69 Å². The summed E-state index contributed by atoms with van der Waals surface area (Å²) in [6.07, 6.45) is 0.510. The number of hydrogen-bond donors (Lipinski definition) is 1. The number of amides is 2. The van der Waals surface area contributed by atoms with Crippen LogP contribution in [0.15, 0.2) is 48.5 Å². The van der Waals surface area contributed by atoms with Gasteiger partial charge in [-0.05, 0) is 43.2 Å². The minimum atomic E-state index is -1.05. The van der Waals surface area contributed by atoms with Crippen molar-refractivity contribution in [2.45, 2.75) is 20.3 Å². The summed E-state index contributed by atoms with van der Waals surface area (Å²) in [4.78, 5) is 37.5. The fourth-order valence-corrected chi connectivity index (χ4v) is 3.11. The van der Waals surface area contributed by atoms with Crippen LogP contribution >= 0.6 is 0 Å². The van der Waals surface area contributed by atoms with Gasteiger partial charge in [0.1, 0.15) is 0 Å². The summed E-state index contributed by atoms with van der Waals surface area (Å²) in [5, 5.41) is 8.97. The number of carboxylic acid groups (broad SMARTS) is 1. The van der Waals surface area contributed by atoms with Gasteiger partial charge in [0.2, 0.25) is 11.8 Å². The number of carbonyl (C=O) groups excluding carboxylic acids is 2. The summed E-state index contributed by atoms with van der Waals surface area (Å²) in [6, 6.07) is 13.7. The lowest BCUT2D eigenvalue weighted by atomic mass is 9.90. The third-order valence-electron chi connectivity index (χ3n) is 4.70. The molecule has 1 fully saturated rings. The first-order valence-corrected chi connectivity index (χ1v) is 8.15. The number of carbonyl (C=O) groups is 3. The van der Waals surface area contributed by atoms with Crippen molar-refractivity contribution in [3.05, 3.63) is 65.2 Å². The first-order valence-electron chi connectivity index (χ1n) is 8.15. The highest BCUT2D eigenvalue weighted by Gasteiger charge is 2.45. The Labute approximate surface area is 145 Å². The molecule has 0 radical (unpaired) electrons. The minimum Gasteiger partial charge on any atom is -0.478 e. The van der Waals surface area contributed by atoms with Crippen molar-refractivity contribution < 1.29 is 19.5 Å². The Kier molecular flexibility index (Phi) is 4.40. The highest BCUT2D eigenvalue weighted by atomic mass is 16.4. The molecular weight excluding hydrogens is 318 g/mol. The monoisotopic (exact) mass is 337 g/mol. The molecule has 0 aliphatic carbocycles. The van der Waals surface area contributed by atoms with Crippen LogP contribution < -0.4 is 4.90 Å². The molecule has 5 nitrogen and oxygen atoms in total.